The summed E-state index contributed by atoms with van der Waals surface area (Å²) in [5.74, 6) is 0. The zero-order valence-corrected chi connectivity index (χ0v) is 12.3. The van der Waals surface area contributed by atoms with Crippen molar-refractivity contribution in [3.8, 4) is 11.1 Å². The molecule has 2 nitrogen and oxygen atoms in total. The van der Waals surface area contributed by atoms with E-state index in [-0.39, 0.29) is 6.04 Å². The molecule has 0 amide bonds. The highest BCUT2D eigenvalue weighted by Gasteiger charge is 2.05. The van der Waals surface area contributed by atoms with Crippen LogP contribution in [0.4, 0.5) is 0 Å². The fraction of sp³-hybridized carbons (Fsp3) is 0.211. The molecule has 0 aliphatic rings. The number of hydrogen-bond acceptors (Lipinski definition) is 2. The average molecular weight is 276 g/mol. The third kappa shape index (κ3) is 3.11. The van der Waals surface area contributed by atoms with Crippen LogP contribution in [0.15, 0.2) is 60.8 Å². The summed E-state index contributed by atoms with van der Waals surface area (Å²) in [6.07, 6.45) is 3.88. The summed E-state index contributed by atoms with van der Waals surface area (Å²) in [5, 5.41) is 1.18. The Kier molecular flexibility index (Phi) is 3.98. The van der Waals surface area contributed by atoms with Gasteiger partial charge in [0.05, 0.1) is 5.52 Å². The number of pyridine rings is 1. The minimum Gasteiger partial charge on any atom is -0.328 e. The Labute approximate surface area is 125 Å². The molecule has 21 heavy (non-hydrogen) atoms. The number of aromatic nitrogens is 1. The molecule has 2 aromatic carbocycles. The van der Waals surface area contributed by atoms with Crippen LogP contribution >= 0.6 is 0 Å². The van der Waals surface area contributed by atoms with Gasteiger partial charge in [-0.05, 0) is 37.0 Å². The fourth-order valence-electron chi connectivity index (χ4n) is 2.63. The highest BCUT2D eigenvalue weighted by molar-refractivity contribution is 5.93. The molecule has 0 aliphatic heterocycles. The van der Waals surface area contributed by atoms with Gasteiger partial charge in [-0.2, -0.15) is 0 Å². The first-order chi connectivity index (χ1) is 10.2. The van der Waals surface area contributed by atoms with Gasteiger partial charge in [0.1, 0.15) is 0 Å². The lowest BCUT2D eigenvalue weighted by atomic mass is 9.98. The summed E-state index contributed by atoms with van der Waals surface area (Å²) >= 11 is 0. The number of nitrogens with two attached hydrogens (primary N) is 1. The van der Waals surface area contributed by atoms with Crippen molar-refractivity contribution in [2.45, 2.75) is 25.8 Å². The van der Waals surface area contributed by atoms with Gasteiger partial charge in [-0.3, -0.25) is 4.98 Å². The van der Waals surface area contributed by atoms with Crippen molar-refractivity contribution in [2.75, 3.05) is 0 Å². The van der Waals surface area contributed by atoms with Gasteiger partial charge < -0.3 is 5.73 Å². The Hall–Kier alpha value is -2.19. The molecular weight excluding hydrogens is 256 g/mol. The predicted octanol–water partition coefficient (Wildman–Crippen LogP) is 4.18. The molecule has 1 atom stereocenters. The molecule has 3 aromatic rings. The van der Waals surface area contributed by atoms with Crippen LogP contribution in [0.5, 0.6) is 0 Å². The van der Waals surface area contributed by atoms with Crippen molar-refractivity contribution in [1.82, 2.24) is 4.98 Å². The largest absolute Gasteiger partial charge is 0.328 e. The first kappa shape index (κ1) is 13.8. The van der Waals surface area contributed by atoms with Crippen LogP contribution in [0.25, 0.3) is 22.0 Å². The van der Waals surface area contributed by atoms with E-state index in [4.69, 9.17) is 5.73 Å². The van der Waals surface area contributed by atoms with Crippen LogP contribution in [-0.4, -0.2) is 11.0 Å². The standard InChI is InChI=1S/C19H20N2/c1-14(20)10-11-15-5-2-7-17(13-15)18-9-3-6-16-8-4-12-21-19(16)18/h2-9,12-14H,10-11,20H2,1H3. The van der Waals surface area contributed by atoms with Crippen molar-refractivity contribution >= 4 is 10.9 Å². The van der Waals surface area contributed by atoms with Crippen LogP contribution in [0.3, 0.4) is 0 Å². The zero-order valence-electron chi connectivity index (χ0n) is 12.3. The van der Waals surface area contributed by atoms with Gasteiger partial charge in [0, 0.05) is 23.2 Å². The second-order valence-corrected chi connectivity index (χ2v) is 5.60. The van der Waals surface area contributed by atoms with Gasteiger partial charge in [-0.25, -0.2) is 0 Å². The molecule has 2 N–H and O–H groups in total. The van der Waals surface area contributed by atoms with E-state index in [1.807, 2.05) is 12.3 Å². The number of nitrogens with zero attached hydrogens (tertiary/aromatic N) is 1. The Morgan fingerprint density at radius 2 is 1.86 bits per heavy atom. The van der Waals surface area contributed by atoms with E-state index in [1.54, 1.807) is 0 Å². The van der Waals surface area contributed by atoms with E-state index in [2.05, 4.69) is 60.4 Å². The molecular formula is C19H20N2. The Morgan fingerprint density at radius 1 is 1.05 bits per heavy atom. The van der Waals surface area contributed by atoms with Crippen LogP contribution in [0.2, 0.25) is 0 Å². The molecule has 0 saturated carbocycles. The van der Waals surface area contributed by atoms with Gasteiger partial charge in [0.15, 0.2) is 0 Å². The molecule has 1 unspecified atom stereocenters. The highest BCUT2D eigenvalue weighted by Crippen LogP contribution is 2.27. The van der Waals surface area contributed by atoms with E-state index in [1.165, 1.54) is 22.1 Å². The number of para-hydroxylation sites is 1. The van der Waals surface area contributed by atoms with Crippen LogP contribution < -0.4 is 5.73 Å². The normalized spacial score (nSPS) is 12.5. The smallest absolute Gasteiger partial charge is 0.0780 e. The molecule has 1 aromatic heterocycles. The molecule has 0 aliphatic carbocycles. The Bertz CT molecular complexity index is 742. The Morgan fingerprint density at radius 3 is 2.71 bits per heavy atom. The number of benzene rings is 2. The van der Waals surface area contributed by atoms with Crippen molar-refractivity contribution in [3.63, 3.8) is 0 Å². The van der Waals surface area contributed by atoms with E-state index >= 15 is 0 Å². The van der Waals surface area contributed by atoms with Crippen molar-refractivity contribution in [2.24, 2.45) is 5.73 Å². The molecule has 0 radical (unpaired) electrons. The highest BCUT2D eigenvalue weighted by atomic mass is 14.6. The minimum absolute atomic E-state index is 0.243. The molecule has 106 valence electrons. The quantitative estimate of drug-likeness (QED) is 0.776. The topological polar surface area (TPSA) is 38.9 Å². The fourth-order valence-corrected chi connectivity index (χ4v) is 2.63. The summed E-state index contributed by atoms with van der Waals surface area (Å²) in [5.41, 5.74) is 10.7. The predicted molar refractivity (Wildman–Crippen MR) is 89.1 cm³/mol. The minimum atomic E-state index is 0.243. The summed E-state index contributed by atoms with van der Waals surface area (Å²) in [6, 6.07) is 19.4. The van der Waals surface area contributed by atoms with Crippen LogP contribution in [0, 0.1) is 0 Å². The summed E-state index contributed by atoms with van der Waals surface area (Å²) < 4.78 is 0. The van der Waals surface area contributed by atoms with Crippen LogP contribution in [-0.2, 0) is 6.42 Å². The maximum Gasteiger partial charge on any atom is 0.0780 e. The van der Waals surface area contributed by atoms with Crippen molar-refractivity contribution in [3.05, 3.63) is 66.4 Å². The second-order valence-electron chi connectivity index (χ2n) is 5.60. The summed E-state index contributed by atoms with van der Waals surface area (Å²) in [7, 11) is 0. The summed E-state index contributed by atoms with van der Waals surface area (Å²) in [4.78, 5) is 4.54. The Balaban J connectivity index is 2.01. The third-order valence-corrected chi connectivity index (χ3v) is 3.76. The van der Waals surface area contributed by atoms with Gasteiger partial charge in [0.2, 0.25) is 0 Å². The molecule has 0 saturated heterocycles. The lowest BCUT2D eigenvalue weighted by Gasteiger charge is -2.09. The number of hydrogen-bond donors (Lipinski definition) is 1. The number of aryl methyl sites for hydroxylation is 1. The zero-order chi connectivity index (χ0) is 14.7. The third-order valence-electron chi connectivity index (χ3n) is 3.76. The summed E-state index contributed by atoms with van der Waals surface area (Å²) in [6.45, 7) is 2.05. The lowest BCUT2D eigenvalue weighted by molar-refractivity contribution is 0.666. The maximum atomic E-state index is 5.85. The first-order valence-electron chi connectivity index (χ1n) is 7.43. The number of fused-ring (bicyclic) bond motifs is 1. The van der Waals surface area contributed by atoms with Crippen LogP contribution in [0.1, 0.15) is 18.9 Å². The van der Waals surface area contributed by atoms with Crippen molar-refractivity contribution < 1.29 is 0 Å². The van der Waals surface area contributed by atoms with Gasteiger partial charge >= 0.3 is 0 Å². The molecule has 0 spiro atoms. The van der Waals surface area contributed by atoms with E-state index in [9.17, 15) is 0 Å². The van der Waals surface area contributed by atoms with Crippen molar-refractivity contribution in [1.29, 1.82) is 0 Å². The van der Waals surface area contributed by atoms with E-state index in [0.29, 0.717) is 0 Å². The van der Waals surface area contributed by atoms with Gasteiger partial charge in [-0.15, -0.1) is 0 Å². The SMILES string of the molecule is CC(N)CCc1cccc(-c2cccc3cccnc23)c1. The number of rotatable bonds is 4. The van der Waals surface area contributed by atoms with Gasteiger partial charge in [0.25, 0.3) is 0 Å². The molecule has 3 rings (SSSR count). The molecule has 0 fully saturated rings. The maximum absolute atomic E-state index is 5.85. The average Bonchev–Trinajstić information content (AvgIpc) is 2.52. The monoisotopic (exact) mass is 276 g/mol. The molecule has 1 heterocycles. The molecule has 2 heteroatoms. The van der Waals surface area contributed by atoms with Gasteiger partial charge in [-0.1, -0.05) is 48.5 Å². The molecule has 0 bridgehead atoms. The lowest BCUT2D eigenvalue weighted by Crippen LogP contribution is -2.15. The first-order valence-corrected chi connectivity index (χ1v) is 7.43. The van der Waals surface area contributed by atoms with E-state index < -0.39 is 0 Å². The second kappa shape index (κ2) is 6.06. The van der Waals surface area contributed by atoms with E-state index in [0.717, 1.165) is 18.4 Å².